The fourth-order valence-electron chi connectivity index (χ4n) is 0.830. The van der Waals surface area contributed by atoms with Crippen LogP contribution in [0.15, 0.2) is 16.6 Å². The maximum absolute atomic E-state index is 10.3. The third kappa shape index (κ3) is 1.69. The summed E-state index contributed by atoms with van der Waals surface area (Å²) in [6.07, 6.45) is 2.58. The number of rotatable bonds is 2. The van der Waals surface area contributed by atoms with Crippen molar-refractivity contribution in [3.8, 4) is 0 Å². The normalized spacial score (nSPS) is 21.7. The zero-order valence-corrected chi connectivity index (χ0v) is 6.10. The molecular formula is C7H7NO4. The molecule has 1 rings (SSSR count). The first-order valence-corrected chi connectivity index (χ1v) is 3.30. The van der Waals surface area contributed by atoms with Gasteiger partial charge in [0.05, 0.1) is 5.57 Å². The maximum atomic E-state index is 10.3. The third-order valence-electron chi connectivity index (χ3n) is 1.49. The van der Waals surface area contributed by atoms with E-state index in [0.717, 1.165) is 6.21 Å². The van der Waals surface area contributed by atoms with Crippen LogP contribution in [0.3, 0.4) is 0 Å². The molecule has 2 N–H and O–H groups in total. The standard InChI is InChI=1S/C7H7NO4/c9-6(10)4-1-2-5(7(11)12)8-3-4/h1,3,5H,2H2,(H,9,10)(H,11,12). The Morgan fingerprint density at radius 2 is 2.17 bits per heavy atom. The Morgan fingerprint density at radius 3 is 2.50 bits per heavy atom. The molecule has 12 heavy (non-hydrogen) atoms. The molecule has 5 heteroatoms. The minimum absolute atomic E-state index is 0.0486. The molecule has 0 aromatic carbocycles. The molecule has 0 amide bonds. The van der Waals surface area contributed by atoms with E-state index in [4.69, 9.17) is 10.2 Å². The fourth-order valence-corrected chi connectivity index (χ4v) is 0.830. The summed E-state index contributed by atoms with van der Waals surface area (Å²) in [4.78, 5) is 24.2. The van der Waals surface area contributed by atoms with Crippen molar-refractivity contribution in [3.05, 3.63) is 11.6 Å². The van der Waals surface area contributed by atoms with Gasteiger partial charge in [-0.15, -0.1) is 0 Å². The number of hydrogen-bond acceptors (Lipinski definition) is 3. The molecule has 0 aliphatic carbocycles. The number of hydrogen-bond donors (Lipinski definition) is 2. The van der Waals surface area contributed by atoms with Gasteiger partial charge in [-0.3, -0.25) is 4.99 Å². The fraction of sp³-hybridized carbons (Fsp3) is 0.286. The first-order chi connectivity index (χ1) is 5.61. The van der Waals surface area contributed by atoms with Crippen molar-refractivity contribution in [2.45, 2.75) is 12.5 Å². The van der Waals surface area contributed by atoms with E-state index in [1.54, 1.807) is 0 Å². The van der Waals surface area contributed by atoms with Crippen LogP contribution in [0.2, 0.25) is 0 Å². The highest BCUT2D eigenvalue weighted by atomic mass is 16.4. The van der Waals surface area contributed by atoms with E-state index in [1.807, 2.05) is 0 Å². The summed E-state index contributed by atoms with van der Waals surface area (Å²) in [5.41, 5.74) is 0.0486. The lowest BCUT2D eigenvalue weighted by Crippen LogP contribution is -2.21. The molecule has 0 fully saturated rings. The smallest absolute Gasteiger partial charge is 0.336 e. The van der Waals surface area contributed by atoms with Crippen LogP contribution in [0.1, 0.15) is 6.42 Å². The van der Waals surface area contributed by atoms with Crippen LogP contribution in [-0.2, 0) is 9.59 Å². The molecule has 0 saturated carbocycles. The molecule has 0 aromatic heterocycles. The Bertz CT molecular complexity index is 279. The van der Waals surface area contributed by atoms with Gasteiger partial charge in [0.25, 0.3) is 0 Å². The molecule has 1 unspecified atom stereocenters. The van der Waals surface area contributed by atoms with Crippen molar-refractivity contribution < 1.29 is 19.8 Å². The highest BCUT2D eigenvalue weighted by Gasteiger charge is 2.18. The van der Waals surface area contributed by atoms with Gasteiger partial charge in [0.2, 0.25) is 0 Å². The van der Waals surface area contributed by atoms with Gasteiger partial charge in [0.15, 0.2) is 6.04 Å². The lowest BCUT2D eigenvalue weighted by molar-refractivity contribution is -0.138. The van der Waals surface area contributed by atoms with E-state index in [2.05, 4.69) is 4.99 Å². The minimum atomic E-state index is -1.08. The summed E-state index contributed by atoms with van der Waals surface area (Å²) in [5, 5.41) is 16.9. The minimum Gasteiger partial charge on any atom is -0.480 e. The van der Waals surface area contributed by atoms with Crippen molar-refractivity contribution >= 4 is 18.2 Å². The lowest BCUT2D eigenvalue weighted by Gasteiger charge is -2.08. The Labute approximate surface area is 68.0 Å². The number of aliphatic carboxylic acids is 2. The molecule has 64 valence electrons. The summed E-state index contributed by atoms with van der Waals surface area (Å²) in [6, 6.07) is -0.826. The Balaban J connectivity index is 2.68. The van der Waals surface area contributed by atoms with Gasteiger partial charge in [-0.1, -0.05) is 6.08 Å². The predicted molar refractivity (Wildman–Crippen MR) is 40.3 cm³/mol. The molecule has 0 saturated heterocycles. The van der Waals surface area contributed by atoms with Crippen LogP contribution in [-0.4, -0.2) is 34.4 Å². The average molecular weight is 169 g/mol. The van der Waals surface area contributed by atoms with Crippen molar-refractivity contribution in [2.24, 2.45) is 4.99 Å². The van der Waals surface area contributed by atoms with E-state index in [1.165, 1.54) is 6.08 Å². The number of aliphatic imine (C=N–C) groups is 1. The van der Waals surface area contributed by atoms with Crippen molar-refractivity contribution in [3.63, 3.8) is 0 Å². The number of carboxylic acids is 2. The summed E-state index contributed by atoms with van der Waals surface area (Å²) >= 11 is 0. The van der Waals surface area contributed by atoms with Gasteiger partial charge in [-0.25, -0.2) is 9.59 Å². The van der Waals surface area contributed by atoms with Crippen LogP contribution in [0.4, 0.5) is 0 Å². The average Bonchev–Trinajstić information content (AvgIpc) is 2.04. The quantitative estimate of drug-likeness (QED) is 0.605. The molecule has 1 aliphatic heterocycles. The first-order valence-electron chi connectivity index (χ1n) is 3.30. The van der Waals surface area contributed by atoms with E-state index in [0.29, 0.717) is 0 Å². The number of carbonyl (C=O) groups is 2. The summed E-state index contributed by atoms with van der Waals surface area (Å²) in [7, 11) is 0. The first kappa shape index (κ1) is 8.45. The van der Waals surface area contributed by atoms with Gasteiger partial charge in [-0.05, 0) is 6.42 Å². The molecule has 0 aromatic rings. The molecule has 0 bridgehead atoms. The monoisotopic (exact) mass is 169 g/mol. The van der Waals surface area contributed by atoms with Crippen LogP contribution in [0.5, 0.6) is 0 Å². The zero-order valence-electron chi connectivity index (χ0n) is 6.10. The van der Waals surface area contributed by atoms with Gasteiger partial charge in [0, 0.05) is 6.21 Å². The molecule has 1 aliphatic rings. The molecular weight excluding hydrogens is 162 g/mol. The van der Waals surface area contributed by atoms with Crippen molar-refractivity contribution in [1.29, 1.82) is 0 Å². The number of dihydropyridines is 1. The topological polar surface area (TPSA) is 87.0 Å². The second-order valence-electron chi connectivity index (χ2n) is 2.33. The van der Waals surface area contributed by atoms with Gasteiger partial charge < -0.3 is 10.2 Å². The Hall–Kier alpha value is -1.65. The summed E-state index contributed by atoms with van der Waals surface area (Å²) in [6.45, 7) is 0. The van der Waals surface area contributed by atoms with E-state index in [-0.39, 0.29) is 12.0 Å². The molecule has 1 heterocycles. The highest BCUT2D eigenvalue weighted by Crippen LogP contribution is 2.08. The van der Waals surface area contributed by atoms with Crippen LogP contribution in [0.25, 0.3) is 0 Å². The lowest BCUT2D eigenvalue weighted by atomic mass is 10.1. The van der Waals surface area contributed by atoms with Crippen molar-refractivity contribution in [2.75, 3.05) is 0 Å². The van der Waals surface area contributed by atoms with Gasteiger partial charge in [0.1, 0.15) is 0 Å². The van der Waals surface area contributed by atoms with Crippen LogP contribution < -0.4 is 0 Å². The zero-order chi connectivity index (χ0) is 9.14. The highest BCUT2D eigenvalue weighted by molar-refractivity contribution is 6.09. The van der Waals surface area contributed by atoms with Gasteiger partial charge >= 0.3 is 11.9 Å². The molecule has 0 spiro atoms. The van der Waals surface area contributed by atoms with E-state index >= 15 is 0 Å². The predicted octanol–water partition coefficient (Wildman–Crippen LogP) is -0.0749. The Kier molecular flexibility index (Phi) is 2.23. The maximum Gasteiger partial charge on any atom is 0.336 e. The van der Waals surface area contributed by atoms with Crippen LogP contribution in [0, 0.1) is 0 Å². The SMILES string of the molecule is O=C(O)C1=CCC(C(=O)O)N=C1. The summed E-state index contributed by atoms with van der Waals surface area (Å²) in [5.74, 6) is -2.12. The molecule has 0 radical (unpaired) electrons. The molecule has 5 nitrogen and oxygen atoms in total. The number of nitrogens with zero attached hydrogens (tertiary/aromatic N) is 1. The second-order valence-corrected chi connectivity index (χ2v) is 2.33. The Morgan fingerprint density at radius 1 is 1.50 bits per heavy atom. The second kappa shape index (κ2) is 3.17. The largest absolute Gasteiger partial charge is 0.480 e. The molecule has 1 atom stereocenters. The van der Waals surface area contributed by atoms with Crippen LogP contribution >= 0.6 is 0 Å². The summed E-state index contributed by atoms with van der Waals surface area (Å²) < 4.78 is 0. The van der Waals surface area contributed by atoms with E-state index < -0.39 is 18.0 Å². The van der Waals surface area contributed by atoms with E-state index in [9.17, 15) is 9.59 Å². The number of carboxylic acid groups (broad SMARTS) is 2. The third-order valence-corrected chi connectivity index (χ3v) is 1.49. The van der Waals surface area contributed by atoms with Gasteiger partial charge in [-0.2, -0.15) is 0 Å². The van der Waals surface area contributed by atoms with Crippen molar-refractivity contribution in [1.82, 2.24) is 0 Å².